The molecule has 0 aromatic carbocycles. The highest BCUT2D eigenvalue weighted by Crippen LogP contribution is 2.32. The van der Waals surface area contributed by atoms with E-state index in [4.69, 9.17) is 9.47 Å². The summed E-state index contributed by atoms with van der Waals surface area (Å²) in [5, 5.41) is 3.41. The van der Waals surface area contributed by atoms with E-state index in [-0.39, 0.29) is 24.1 Å². The van der Waals surface area contributed by atoms with E-state index in [1.54, 1.807) is 6.20 Å². The van der Waals surface area contributed by atoms with Crippen LogP contribution in [0.5, 0.6) is 0 Å². The zero-order valence-electron chi connectivity index (χ0n) is 18.0. The van der Waals surface area contributed by atoms with E-state index >= 15 is 0 Å². The number of morpholine rings is 1. The van der Waals surface area contributed by atoms with Crippen molar-refractivity contribution in [2.75, 3.05) is 19.7 Å². The third-order valence-electron chi connectivity index (χ3n) is 5.66. The van der Waals surface area contributed by atoms with E-state index < -0.39 is 0 Å². The Morgan fingerprint density at radius 2 is 2.13 bits per heavy atom. The number of fused-ring (bicyclic) bond motifs is 1. The van der Waals surface area contributed by atoms with Gasteiger partial charge in [-0.05, 0) is 50.6 Å². The molecule has 1 N–H and O–H groups in total. The molecule has 2 atom stereocenters. The Kier molecular flexibility index (Phi) is 5.88. The largest absolute Gasteiger partial charge is 0.459 e. The molecule has 4 rings (SSSR count). The first-order valence-corrected chi connectivity index (χ1v) is 10.6. The lowest BCUT2D eigenvalue weighted by atomic mass is 9.93. The van der Waals surface area contributed by atoms with Crippen molar-refractivity contribution in [1.82, 2.24) is 14.7 Å². The number of carbonyl (C=O) groups excluding carboxylic acids is 1. The molecule has 4 heterocycles. The summed E-state index contributed by atoms with van der Waals surface area (Å²) in [5.41, 5.74) is 5.46. The molecule has 0 bridgehead atoms. The summed E-state index contributed by atoms with van der Waals surface area (Å²) in [7, 11) is 0. The smallest absolute Gasteiger partial charge is 0.338 e. The molecule has 6 nitrogen and oxygen atoms in total. The Labute approximate surface area is 177 Å². The Morgan fingerprint density at radius 3 is 2.80 bits per heavy atom. The van der Waals surface area contributed by atoms with Crippen molar-refractivity contribution < 1.29 is 14.3 Å². The maximum atomic E-state index is 12.9. The minimum Gasteiger partial charge on any atom is -0.459 e. The van der Waals surface area contributed by atoms with E-state index in [2.05, 4.69) is 33.9 Å². The molecule has 1 saturated heterocycles. The lowest BCUT2D eigenvalue weighted by Crippen LogP contribution is -2.41. The number of pyridine rings is 2. The summed E-state index contributed by atoms with van der Waals surface area (Å²) in [6.07, 6.45) is 3.76. The van der Waals surface area contributed by atoms with Gasteiger partial charge in [0.05, 0.1) is 30.1 Å². The first kappa shape index (κ1) is 20.6. The molecule has 3 aromatic rings. The van der Waals surface area contributed by atoms with Crippen LogP contribution in [0.1, 0.15) is 48.3 Å². The highest BCUT2D eigenvalue weighted by molar-refractivity contribution is 5.93. The number of aromatic nitrogens is 2. The summed E-state index contributed by atoms with van der Waals surface area (Å²) >= 11 is 0. The van der Waals surface area contributed by atoms with Crippen molar-refractivity contribution in [2.24, 2.45) is 0 Å². The minimum absolute atomic E-state index is 0.0396. The van der Waals surface area contributed by atoms with Gasteiger partial charge in [-0.15, -0.1) is 0 Å². The summed E-state index contributed by atoms with van der Waals surface area (Å²) in [4.78, 5) is 17.3. The lowest BCUT2D eigenvalue weighted by Gasteiger charge is -2.31. The number of hydrogen-bond donors (Lipinski definition) is 1. The molecular formula is C24H29N3O3. The molecule has 1 aliphatic rings. The summed E-state index contributed by atoms with van der Waals surface area (Å²) in [5.74, 6) is -0.196. The van der Waals surface area contributed by atoms with Crippen molar-refractivity contribution in [3.05, 3.63) is 59.5 Å². The van der Waals surface area contributed by atoms with Gasteiger partial charge in [-0.25, -0.2) is 4.79 Å². The van der Waals surface area contributed by atoms with E-state index in [1.165, 1.54) is 0 Å². The summed E-state index contributed by atoms with van der Waals surface area (Å²) in [6, 6.07) is 9.87. The van der Waals surface area contributed by atoms with Gasteiger partial charge in [-0.1, -0.05) is 13.0 Å². The number of nitrogens with one attached hydrogen (secondary N) is 1. The van der Waals surface area contributed by atoms with Crippen LogP contribution in [-0.4, -0.2) is 47.3 Å². The van der Waals surface area contributed by atoms with Gasteiger partial charge in [0.2, 0.25) is 0 Å². The second-order valence-electron chi connectivity index (χ2n) is 8.16. The third-order valence-corrected chi connectivity index (χ3v) is 5.66. The Hall–Kier alpha value is -2.70. The van der Waals surface area contributed by atoms with Crippen LogP contribution in [0.3, 0.4) is 0 Å². The number of carbonyl (C=O) groups is 1. The highest BCUT2D eigenvalue weighted by Gasteiger charge is 2.28. The van der Waals surface area contributed by atoms with E-state index in [1.807, 2.05) is 45.0 Å². The highest BCUT2D eigenvalue weighted by atomic mass is 16.5. The van der Waals surface area contributed by atoms with Gasteiger partial charge in [-0.3, -0.25) is 4.98 Å². The average Bonchev–Trinajstić information content (AvgIpc) is 3.17. The Morgan fingerprint density at radius 1 is 1.30 bits per heavy atom. The molecule has 158 valence electrons. The van der Waals surface area contributed by atoms with E-state index in [0.717, 1.165) is 41.1 Å². The predicted molar refractivity (Wildman–Crippen MR) is 117 cm³/mol. The van der Waals surface area contributed by atoms with Crippen LogP contribution in [0.15, 0.2) is 42.7 Å². The molecule has 1 fully saturated rings. The Bertz CT molecular complexity index is 1040. The molecule has 2 unspecified atom stereocenters. The monoisotopic (exact) mass is 407 g/mol. The van der Waals surface area contributed by atoms with Gasteiger partial charge in [0.15, 0.2) is 0 Å². The zero-order valence-corrected chi connectivity index (χ0v) is 18.0. The first-order valence-electron chi connectivity index (χ1n) is 10.6. The van der Waals surface area contributed by atoms with Crippen LogP contribution in [-0.2, 0) is 9.47 Å². The van der Waals surface area contributed by atoms with E-state index in [0.29, 0.717) is 12.2 Å². The van der Waals surface area contributed by atoms with Crippen molar-refractivity contribution in [3.8, 4) is 11.3 Å². The molecule has 0 saturated carbocycles. The van der Waals surface area contributed by atoms with Crippen LogP contribution in [0.4, 0.5) is 0 Å². The molecule has 6 heteroatoms. The second kappa shape index (κ2) is 8.58. The van der Waals surface area contributed by atoms with Gasteiger partial charge < -0.3 is 19.2 Å². The number of hydrogen-bond acceptors (Lipinski definition) is 5. The normalized spacial score (nSPS) is 18.0. The quantitative estimate of drug-likeness (QED) is 0.649. The third kappa shape index (κ3) is 3.98. The van der Waals surface area contributed by atoms with Gasteiger partial charge in [0, 0.05) is 48.2 Å². The SMILES string of the molecule is Cc1c(C(=O)OC(C)C)cc2cc(-c3ccccn3)cn2c1C(C)C1CNCCO1. The second-order valence-corrected chi connectivity index (χ2v) is 8.16. The van der Waals surface area contributed by atoms with E-state index in [9.17, 15) is 4.79 Å². The van der Waals surface area contributed by atoms with Crippen LogP contribution in [0, 0.1) is 6.92 Å². The maximum Gasteiger partial charge on any atom is 0.338 e. The lowest BCUT2D eigenvalue weighted by molar-refractivity contribution is 0.0134. The van der Waals surface area contributed by atoms with Crippen molar-refractivity contribution in [2.45, 2.75) is 45.8 Å². The zero-order chi connectivity index (χ0) is 21.3. The average molecular weight is 408 g/mol. The molecule has 0 spiro atoms. The van der Waals surface area contributed by atoms with Crippen molar-refractivity contribution >= 4 is 11.5 Å². The maximum absolute atomic E-state index is 12.9. The summed E-state index contributed by atoms with van der Waals surface area (Å²) in [6.45, 7) is 10.2. The molecule has 30 heavy (non-hydrogen) atoms. The van der Waals surface area contributed by atoms with Crippen molar-refractivity contribution in [3.63, 3.8) is 0 Å². The van der Waals surface area contributed by atoms with Crippen LogP contribution in [0.2, 0.25) is 0 Å². The fourth-order valence-corrected chi connectivity index (χ4v) is 4.18. The fourth-order valence-electron chi connectivity index (χ4n) is 4.18. The van der Waals surface area contributed by atoms with Crippen molar-refractivity contribution in [1.29, 1.82) is 0 Å². The first-order chi connectivity index (χ1) is 14.5. The van der Waals surface area contributed by atoms with Crippen LogP contribution >= 0.6 is 0 Å². The Balaban J connectivity index is 1.87. The minimum atomic E-state index is -0.290. The number of esters is 1. The van der Waals surface area contributed by atoms with Gasteiger partial charge in [0.25, 0.3) is 0 Å². The molecule has 3 aromatic heterocycles. The van der Waals surface area contributed by atoms with Crippen LogP contribution in [0.25, 0.3) is 16.8 Å². The van der Waals surface area contributed by atoms with Crippen LogP contribution < -0.4 is 5.32 Å². The number of ether oxygens (including phenoxy) is 2. The molecule has 1 aliphatic heterocycles. The molecule has 0 aliphatic carbocycles. The topological polar surface area (TPSA) is 64.9 Å². The number of nitrogens with zero attached hydrogens (tertiary/aromatic N) is 2. The summed E-state index contributed by atoms with van der Waals surface area (Å²) < 4.78 is 13.8. The number of rotatable bonds is 5. The predicted octanol–water partition coefficient (Wildman–Crippen LogP) is 3.97. The molecule has 0 radical (unpaired) electrons. The molecule has 0 amide bonds. The van der Waals surface area contributed by atoms with Gasteiger partial charge in [-0.2, -0.15) is 0 Å². The van der Waals surface area contributed by atoms with Gasteiger partial charge in [0.1, 0.15) is 0 Å². The van der Waals surface area contributed by atoms with Gasteiger partial charge >= 0.3 is 5.97 Å². The standard InChI is InChI=1S/C24H29N3O3/c1-15(2)30-24(28)20-12-19-11-18(21-7-5-6-8-26-21)14-27(19)23(16(20)3)17(4)22-13-25-9-10-29-22/h5-8,11-12,14-15,17,22,25H,9-10,13H2,1-4H3. The molecular weight excluding hydrogens is 378 g/mol. The fraction of sp³-hybridized carbons (Fsp3) is 0.417.